The Bertz CT molecular complexity index is 438. The number of nitrogens with zero attached hydrogens (tertiary/aromatic N) is 3. The van der Waals surface area contributed by atoms with Gasteiger partial charge in [-0.3, -0.25) is 0 Å². The Morgan fingerprint density at radius 1 is 1.53 bits per heavy atom. The van der Waals surface area contributed by atoms with Crippen molar-refractivity contribution >= 4 is 10.0 Å². The molecule has 0 N–H and O–H groups in total. The van der Waals surface area contributed by atoms with Gasteiger partial charge in [0.05, 0.1) is 0 Å². The smallest absolute Gasteiger partial charge is 0.377 e. The van der Waals surface area contributed by atoms with Crippen molar-refractivity contribution < 1.29 is 26.3 Å². The molecule has 6 nitrogen and oxygen atoms in total. The largest absolute Gasteiger partial charge is 0.518 e. The zero-order chi connectivity index (χ0) is 11.7. The highest BCUT2D eigenvalue weighted by Gasteiger charge is 2.48. The first-order valence-corrected chi connectivity index (χ1v) is 4.94. The van der Waals surface area contributed by atoms with E-state index in [0.29, 0.717) is 6.33 Å². The fourth-order valence-corrected chi connectivity index (χ4v) is 1.28. The van der Waals surface area contributed by atoms with Gasteiger partial charge in [-0.2, -0.15) is 21.6 Å². The van der Waals surface area contributed by atoms with Gasteiger partial charge in [0, 0.05) is 7.11 Å². The number of aromatic nitrogens is 3. The van der Waals surface area contributed by atoms with Crippen LogP contribution < -0.4 is 0 Å². The van der Waals surface area contributed by atoms with Crippen LogP contribution in [0.4, 0.5) is 13.2 Å². The van der Waals surface area contributed by atoms with Crippen LogP contribution >= 0.6 is 0 Å². The van der Waals surface area contributed by atoms with Gasteiger partial charge in [-0.25, -0.2) is 4.98 Å². The molecule has 0 fully saturated rings. The molecule has 0 spiro atoms. The van der Waals surface area contributed by atoms with Crippen LogP contribution in [-0.2, 0) is 21.4 Å². The molecule has 1 aromatic rings. The van der Waals surface area contributed by atoms with Crippen LogP contribution in [0.3, 0.4) is 0 Å². The Morgan fingerprint density at radius 3 is 2.60 bits per heavy atom. The van der Waals surface area contributed by atoms with E-state index in [9.17, 15) is 21.6 Å². The Morgan fingerprint density at radius 2 is 2.13 bits per heavy atom. The van der Waals surface area contributed by atoms with Crippen LogP contribution in [0.25, 0.3) is 0 Å². The summed E-state index contributed by atoms with van der Waals surface area (Å²) in [6, 6.07) is 0. The van der Waals surface area contributed by atoms with E-state index >= 15 is 0 Å². The Balaban J connectivity index is 3.07. The van der Waals surface area contributed by atoms with Gasteiger partial charge in [-0.1, -0.05) is 0 Å². The molecule has 1 heterocycles. The molecule has 0 saturated heterocycles. The molecule has 1 aromatic heterocycles. The molecule has 1 rings (SSSR count). The van der Waals surface area contributed by atoms with Crippen LogP contribution in [0, 0.1) is 0 Å². The van der Waals surface area contributed by atoms with E-state index in [1.165, 1.54) is 7.11 Å². The molecule has 0 atom stereocenters. The molecule has 0 saturated carbocycles. The van der Waals surface area contributed by atoms with Crippen LogP contribution in [0.2, 0.25) is 0 Å². The molecule has 0 aromatic carbocycles. The second-order valence-corrected chi connectivity index (χ2v) is 4.20. The lowest BCUT2D eigenvalue weighted by Gasteiger charge is -2.05. The monoisotopic (exact) mass is 245 g/mol. The number of ether oxygens (including phenoxy) is 1. The lowest BCUT2D eigenvalue weighted by Crippen LogP contribution is -2.30. The average Bonchev–Trinajstić information content (AvgIpc) is 2.51. The summed E-state index contributed by atoms with van der Waals surface area (Å²) in [5, 5.41) is 3.11. The third-order valence-corrected chi connectivity index (χ3v) is 2.59. The minimum Gasteiger partial charge on any atom is -0.377 e. The van der Waals surface area contributed by atoms with Crippen LogP contribution in [0.15, 0.2) is 6.33 Å². The molecule has 0 radical (unpaired) electrons. The van der Waals surface area contributed by atoms with Crippen molar-refractivity contribution in [1.82, 2.24) is 14.2 Å². The Hall–Kier alpha value is -1.16. The molecule has 0 bridgehead atoms. The summed E-state index contributed by atoms with van der Waals surface area (Å²) in [6.45, 7) is -0.166. The quantitative estimate of drug-likeness (QED) is 0.756. The number of hydrogen-bond donors (Lipinski definition) is 0. The van der Waals surface area contributed by atoms with Crippen LogP contribution in [-0.4, -0.2) is 35.2 Å². The maximum absolute atomic E-state index is 12.0. The summed E-state index contributed by atoms with van der Waals surface area (Å²) in [5.41, 5.74) is -5.40. The summed E-state index contributed by atoms with van der Waals surface area (Å²) in [6.07, 6.45) is 0.469. The van der Waals surface area contributed by atoms with E-state index in [-0.39, 0.29) is 16.5 Å². The molecule has 0 unspecified atom stereocenters. The van der Waals surface area contributed by atoms with Gasteiger partial charge in [-0.15, -0.1) is 9.19 Å². The molecule has 0 aliphatic heterocycles. The van der Waals surface area contributed by atoms with Crippen LogP contribution in [0.5, 0.6) is 0 Å². The van der Waals surface area contributed by atoms with Gasteiger partial charge in [0.15, 0.2) is 5.82 Å². The fraction of sp³-hybridized carbons (Fsp3) is 0.600. The molecule has 86 valence electrons. The second-order valence-electron chi connectivity index (χ2n) is 2.42. The lowest BCUT2D eigenvalue weighted by atomic mass is 10.7. The van der Waals surface area contributed by atoms with Gasteiger partial charge in [-0.05, 0) is 0 Å². The Labute approximate surface area is 82.7 Å². The third-order valence-electron chi connectivity index (χ3n) is 1.33. The van der Waals surface area contributed by atoms with Crippen LogP contribution in [0.1, 0.15) is 5.82 Å². The first-order valence-electron chi connectivity index (χ1n) is 3.50. The number of alkyl halides is 3. The number of halogens is 3. The van der Waals surface area contributed by atoms with Gasteiger partial charge in [0.25, 0.3) is 0 Å². The molecule has 0 aliphatic rings. The van der Waals surface area contributed by atoms with Gasteiger partial charge >= 0.3 is 15.5 Å². The van der Waals surface area contributed by atoms with E-state index in [1.54, 1.807) is 0 Å². The SMILES string of the molecule is COCc1ncn(S(=O)(=O)C(F)(F)F)n1. The molecular weight excluding hydrogens is 239 g/mol. The van der Waals surface area contributed by atoms with Crippen molar-refractivity contribution in [2.24, 2.45) is 0 Å². The minimum atomic E-state index is -5.49. The molecule has 10 heteroatoms. The average molecular weight is 245 g/mol. The van der Waals surface area contributed by atoms with Crippen molar-refractivity contribution in [1.29, 1.82) is 0 Å². The highest BCUT2D eigenvalue weighted by molar-refractivity contribution is 7.90. The summed E-state index contributed by atoms with van der Waals surface area (Å²) < 4.78 is 61.8. The molecular formula is C5H6F3N3O3S. The Kier molecular flexibility index (Phi) is 3.00. The number of hydrogen-bond acceptors (Lipinski definition) is 5. The van der Waals surface area contributed by atoms with Crippen molar-refractivity contribution in [3.8, 4) is 0 Å². The van der Waals surface area contributed by atoms with Crippen molar-refractivity contribution in [3.63, 3.8) is 0 Å². The lowest BCUT2D eigenvalue weighted by molar-refractivity contribution is -0.0449. The van der Waals surface area contributed by atoms with E-state index in [2.05, 4.69) is 14.8 Å². The molecule has 0 aliphatic carbocycles. The first-order chi connectivity index (χ1) is 6.79. The summed E-state index contributed by atoms with van der Waals surface area (Å²) >= 11 is 0. The zero-order valence-electron chi connectivity index (χ0n) is 7.39. The number of methoxy groups -OCH3 is 1. The zero-order valence-corrected chi connectivity index (χ0v) is 8.21. The number of rotatable bonds is 3. The van der Waals surface area contributed by atoms with E-state index < -0.39 is 15.5 Å². The third kappa shape index (κ3) is 2.26. The fourth-order valence-electron chi connectivity index (χ4n) is 0.699. The predicted octanol–water partition coefficient (Wildman–Crippen LogP) is 0.122. The summed E-state index contributed by atoms with van der Waals surface area (Å²) in [4.78, 5) is 3.33. The highest BCUT2D eigenvalue weighted by Crippen LogP contribution is 2.24. The molecule has 0 amide bonds. The topological polar surface area (TPSA) is 74.1 Å². The second kappa shape index (κ2) is 3.77. The maximum Gasteiger partial charge on any atom is 0.518 e. The van der Waals surface area contributed by atoms with Gasteiger partial charge < -0.3 is 4.74 Å². The van der Waals surface area contributed by atoms with E-state index in [4.69, 9.17) is 0 Å². The van der Waals surface area contributed by atoms with Crippen molar-refractivity contribution in [2.45, 2.75) is 12.1 Å². The summed E-state index contributed by atoms with van der Waals surface area (Å²) in [7, 11) is -4.21. The minimum absolute atomic E-state index is 0.148. The maximum atomic E-state index is 12.0. The summed E-state index contributed by atoms with van der Waals surface area (Å²) in [5.74, 6) is -0.148. The first kappa shape index (κ1) is 11.9. The van der Waals surface area contributed by atoms with E-state index in [1.807, 2.05) is 0 Å². The highest BCUT2D eigenvalue weighted by atomic mass is 32.2. The van der Waals surface area contributed by atoms with Crippen molar-refractivity contribution in [3.05, 3.63) is 12.2 Å². The van der Waals surface area contributed by atoms with Crippen molar-refractivity contribution in [2.75, 3.05) is 7.11 Å². The molecule has 15 heavy (non-hydrogen) atoms. The van der Waals surface area contributed by atoms with Gasteiger partial charge in [0.2, 0.25) is 0 Å². The van der Waals surface area contributed by atoms with E-state index in [0.717, 1.165) is 0 Å². The van der Waals surface area contributed by atoms with Gasteiger partial charge in [0.1, 0.15) is 12.9 Å². The predicted molar refractivity (Wildman–Crippen MR) is 41.1 cm³/mol. The normalized spacial score (nSPS) is 13.1. The standard InChI is InChI=1S/C5H6F3N3O3S/c1-14-2-4-9-3-11(10-4)15(12,13)5(6,7)8/h3H,2H2,1H3.